The summed E-state index contributed by atoms with van der Waals surface area (Å²) in [5, 5.41) is 20.1. The van der Waals surface area contributed by atoms with E-state index in [-0.39, 0.29) is 24.0 Å². The average molecular weight is 653 g/mol. The monoisotopic (exact) mass is 652 g/mol. The minimum Gasteiger partial charge on any atom is -1.00 e. The summed E-state index contributed by atoms with van der Waals surface area (Å²) in [5.74, 6) is 0. The number of halogens is 1. The van der Waals surface area contributed by atoms with Crippen molar-refractivity contribution in [2.75, 3.05) is 6.61 Å². The molecule has 0 aliphatic carbocycles. The fraction of sp³-hybridized carbons (Fsp3) is 0.706. The summed E-state index contributed by atoms with van der Waals surface area (Å²) in [5.41, 5.74) is 2.65. The van der Waals surface area contributed by atoms with Gasteiger partial charge in [-0.3, -0.25) is 0 Å². The number of aliphatic hydroxyl groups is 1. The van der Waals surface area contributed by atoms with Gasteiger partial charge in [0.15, 0.2) is 24.8 Å². The van der Waals surface area contributed by atoms with Crippen molar-refractivity contribution < 1.29 is 38.4 Å². The molecular weight excluding hydrogens is 595 g/mol. The van der Waals surface area contributed by atoms with Crippen molar-refractivity contribution in [1.82, 2.24) is 0 Å². The third-order valence-corrected chi connectivity index (χ3v) is 7.76. The summed E-state index contributed by atoms with van der Waals surface area (Å²) in [6.07, 6.45) is 36.4. The van der Waals surface area contributed by atoms with Crippen LogP contribution in [0, 0.1) is 5.21 Å². The molecule has 0 aromatic carbocycles. The summed E-state index contributed by atoms with van der Waals surface area (Å²) >= 11 is 0. The number of nitrogens with zero attached hydrogens (tertiary/aromatic N) is 2. The molecule has 2 heterocycles. The first kappa shape index (κ1) is 35.8. The summed E-state index contributed by atoms with van der Waals surface area (Å²) in [4.78, 5) is 0. The molecule has 0 bridgehead atoms. The van der Waals surface area contributed by atoms with Crippen LogP contribution in [0.3, 0.4) is 0 Å². The van der Waals surface area contributed by atoms with Gasteiger partial charge in [-0.2, -0.15) is 4.73 Å². The van der Waals surface area contributed by atoms with Gasteiger partial charge in [-0.1, -0.05) is 96.3 Å². The zero-order valence-electron chi connectivity index (χ0n) is 24.7. The van der Waals surface area contributed by atoms with Crippen LogP contribution >= 0.6 is 0 Å². The molecule has 0 saturated carbocycles. The fourth-order valence-corrected chi connectivity index (χ4v) is 5.40. The smallest absolute Gasteiger partial charge is 0.183 e. The Kier molecular flexibility index (Phi) is 23.6. The molecule has 0 aliphatic heterocycles. The summed E-state index contributed by atoms with van der Waals surface area (Å²) in [6, 6.07) is 8.42. The van der Waals surface area contributed by atoms with Crippen molar-refractivity contribution in [1.29, 1.82) is 0 Å². The maximum atomic E-state index is 11.3. The summed E-state index contributed by atoms with van der Waals surface area (Å²) < 4.78 is 3.30. The van der Waals surface area contributed by atoms with Crippen molar-refractivity contribution in [2.45, 2.75) is 148 Å². The molecule has 0 radical (unpaired) electrons. The minimum absolute atomic E-state index is 0. The lowest BCUT2D eigenvalue weighted by Gasteiger charge is -2.04. The number of hydrogen-bond acceptors (Lipinski definition) is 2. The topological polar surface area (TPSA) is 51.0 Å². The van der Waals surface area contributed by atoms with E-state index < -0.39 is 0 Å². The minimum atomic E-state index is 0. The lowest BCUT2D eigenvalue weighted by molar-refractivity contribution is -0.697. The van der Waals surface area contributed by atoms with Gasteiger partial charge in [-0.25, -0.2) is 4.57 Å². The molecular formula is C34H57IN2O2. The zero-order valence-corrected chi connectivity index (χ0v) is 26.9. The Hall–Kier alpha value is -1.21. The predicted octanol–water partition coefficient (Wildman–Crippen LogP) is 5.19. The molecule has 4 nitrogen and oxygen atoms in total. The van der Waals surface area contributed by atoms with Gasteiger partial charge < -0.3 is 34.3 Å². The van der Waals surface area contributed by atoms with Crippen LogP contribution in [0.15, 0.2) is 49.1 Å². The molecule has 1 N–H and O–H groups in total. The van der Waals surface area contributed by atoms with Crippen molar-refractivity contribution >= 4 is 0 Å². The molecule has 0 fully saturated rings. The molecule has 0 saturated heterocycles. The van der Waals surface area contributed by atoms with E-state index in [1.54, 1.807) is 12.4 Å². The van der Waals surface area contributed by atoms with Crippen LogP contribution in [-0.2, 0) is 19.4 Å². The van der Waals surface area contributed by atoms with E-state index in [0.717, 1.165) is 29.7 Å². The number of unbranched alkanes of at least 4 members (excludes halogenated alkanes) is 18. The predicted molar refractivity (Wildman–Crippen MR) is 159 cm³/mol. The Bertz CT molecular complexity index is 817. The van der Waals surface area contributed by atoms with Gasteiger partial charge in [0.05, 0.1) is 0 Å². The Labute approximate surface area is 257 Å². The van der Waals surface area contributed by atoms with Crippen LogP contribution in [0.4, 0.5) is 0 Å². The van der Waals surface area contributed by atoms with Gasteiger partial charge in [0.25, 0.3) is 0 Å². The molecule has 0 spiro atoms. The van der Waals surface area contributed by atoms with Gasteiger partial charge >= 0.3 is 0 Å². The molecule has 0 amide bonds. The first-order valence-corrected chi connectivity index (χ1v) is 16.0. The van der Waals surface area contributed by atoms with E-state index in [4.69, 9.17) is 5.11 Å². The third kappa shape index (κ3) is 20.3. The van der Waals surface area contributed by atoms with Crippen LogP contribution in [0.1, 0.15) is 140 Å². The lowest BCUT2D eigenvalue weighted by atomic mass is 10.0. The molecule has 0 unspecified atom stereocenters. The molecule has 5 heteroatoms. The first-order chi connectivity index (χ1) is 18.8. The quantitative estimate of drug-likeness (QED) is 0.0695. The number of pyridine rings is 2. The number of rotatable bonds is 25. The normalized spacial score (nSPS) is 11.0. The van der Waals surface area contributed by atoms with Crippen LogP contribution < -0.4 is 33.3 Å². The summed E-state index contributed by atoms with van der Waals surface area (Å²) in [6.45, 7) is 1.50. The third-order valence-electron chi connectivity index (χ3n) is 7.76. The van der Waals surface area contributed by atoms with Gasteiger partial charge in [0, 0.05) is 36.3 Å². The van der Waals surface area contributed by atoms with Crippen LogP contribution in [0.2, 0.25) is 0 Å². The van der Waals surface area contributed by atoms with E-state index in [1.807, 2.05) is 6.07 Å². The van der Waals surface area contributed by atoms with E-state index >= 15 is 0 Å². The Balaban J connectivity index is 0.00000760. The Morgan fingerprint density at radius 3 is 1.41 bits per heavy atom. The molecule has 2 rings (SSSR count). The highest BCUT2D eigenvalue weighted by molar-refractivity contribution is 5.05. The van der Waals surface area contributed by atoms with Gasteiger partial charge in [0.1, 0.15) is 6.54 Å². The highest BCUT2D eigenvalue weighted by atomic mass is 127. The fourth-order valence-electron chi connectivity index (χ4n) is 5.40. The highest BCUT2D eigenvalue weighted by Gasteiger charge is 2.04. The molecule has 2 aromatic rings. The highest BCUT2D eigenvalue weighted by Crippen LogP contribution is 2.14. The molecule has 2 aromatic heterocycles. The van der Waals surface area contributed by atoms with Crippen molar-refractivity contribution in [3.8, 4) is 0 Å². The van der Waals surface area contributed by atoms with Crippen LogP contribution in [0.5, 0.6) is 0 Å². The van der Waals surface area contributed by atoms with Gasteiger partial charge in [0.2, 0.25) is 0 Å². The Morgan fingerprint density at radius 2 is 0.923 bits per heavy atom. The van der Waals surface area contributed by atoms with Crippen molar-refractivity contribution in [2.24, 2.45) is 0 Å². The van der Waals surface area contributed by atoms with E-state index in [2.05, 4.69) is 35.2 Å². The molecule has 222 valence electrons. The van der Waals surface area contributed by atoms with E-state index in [9.17, 15) is 5.21 Å². The maximum absolute atomic E-state index is 11.3. The van der Waals surface area contributed by atoms with E-state index in [1.165, 1.54) is 134 Å². The number of hydrogen-bond donors (Lipinski definition) is 1. The zero-order chi connectivity index (χ0) is 26.9. The molecule has 0 aliphatic rings. The number of aryl methyl sites for hydroxylation is 3. The second-order valence-corrected chi connectivity index (χ2v) is 11.3. The number of aliphatic hydroxyl groups excluding tert-OH is 1. The van der Waals surface area contributed by atoms with Crippen LogP contribution in [0.25, 0.3) is 0 Å². The lowest BCUT2D eigenvalue weighted by Crippen LogP contribution is -3.00. The van der Waals surface area contributed by atoms with Gasteiger partial charge in [-0.05, 0) is 50.7 Å². The van der Waals surface area contributed by atoms with Crippen molar-refractivity contribution in [3.63, 3.8) is 0 Å². The number of aromatic nitrogens is 2. The molecule has 0 atom stereocenters. The maximum Gasteiger partial charge on any atom is 0.183 e. The molecule has 39 heavy (non-hydrogen) atoms. The van der Waals surface area contributed by atoms with Crippen LogP contribution in [-0.4, -0.2) is 11.7 Å². The second-order valence-electron chi connectivity index (χ2n) is 11.3. The second kappa shape index (κ2) is 25.7. The van der Waals surface area contributed by atoms with E-state index in [0.29, 0.717) is 6.61 Å². The summed E-state index contributed by atoms with van der Waals surface area (Å²) in [7, 11) is 0. The Morgan fingerprint density at radius 1 is 0.513 bits per heavy atom. The van der Waals surface area contributed by atoms with Gasteiger partial charge in [-0.15, -0.1) is 0 Å². The average Bonchev–Trinajstić information content (AvgIpc) is 2.92. The van der Waals surface area contributed by atoms with Crippen molar-refractivity contribution in [3.05, 3.63) is 65.4 Å². The first-order valence-electron chi connectivity index (χ1n) is 16.0. The largest absolute Gasteiger partial charge is 1.00 e. The standard InChI is InChI=1S/C34H57N2O2.HI/c37-30-20-16-12-8-4-2-1-3-5-9-13-17-23-33-25-21-28-35(31-33)27-19-15-11-7-6-10-14-18-24-34-26-22-29-36(38)32-34;/h21-22,25-26,28-29,31-32,37H,1-20,23-24,27,30H2;1H/q+1;/p-1. The SMILES string of the molecule is [I-].[O-][n+]1cccc(CCCCCCCCCC[n+]2cccc(CCCCCCCCCCCCCCO)c2)c1.